The number of rotatable bonds is 0. The van der Waals surface area contributed by atoms with Crippen LogP contribution in [0.25, 0.3) is 10.8 Å². The normalized spacial score (nSPS) is 11.4. The molecule has 0 fully saturated rings. The lowest BCUT2D eigenvalue weighted by Gasteiger charge is -2.05. The van der Waals surface area contributed by atoms with E-state index in [0.717, 1.165) is 35.0 Å². The van der Waals surface area contributed by atoms with Crippen LogP contribution >= 0.6 is 0 Å². The molecule has 0 aliphatic rings. The molecule has 0 heterocycles. The van der Waals surface area contributed by atoms with Crippen LogP contribution in [0.3, 0.4) is 0 Å². The zero-order valence-electron chi connectivity index (χ0n) is 17.4. The predicted molar refractivity (Wildman–Crippen MR) is 119 cm³/mol. The Kier molecular flexibility index (Phi) is 6.09. The lowest BCUT2D eigenvalue weighted by Crippen LogP contribution is -2.04. The Labute approximate surface area is 191 Å². The molecule has 34 heavy (non-hydrogen) atoms. The summed E-state index contributed by atoms with van der Waals surface area (Å²) in [5.74, 6) is 11.6. The molecule has 0 bridgehead atoms. The maximum atomic E-state index is 12.7. The predicted octanol–water partition coefficient (Wildman–Crippen LogP) is 7.68. The molecule has 4 rings (SSSR count). The van der Waals surface area contributed by atoms with Gasteiger partial charge < -0.3 is 0 Å². The maximum Gasteiger partial charge on any atom is 0.416 e. The van der Waals surface area contributed by atoms with Crippen molar-refractivity contribution in [1.82, 2.24) is 0 Å². The summed E-state index contributed by atoms with van der Waals surface area (Å²) in [6.07, 6.45) is -8.77. The van der Waals surface area contributed by atoms with E-state index in [9.17, 15) is 26.3 Å². The minimum absolute atomic E-state index is 0.474. The minimum Gasteiger partial charge on any atom is -0.166 e. The quantitative estimate of drug-likeness (QED) is 0.185. The maximum absolute atomic E-state index is 12.7. The first kappa shape index (κ1) is 23.0. The van der Waals surface area contributed by atoms with Crippen LogP contribution in [0.2, 0.25) is 0 Å². The third-order valence-electron chi connectivity index (χ3n) is 4.97. The van der Waals surface area contributed by atoms with E-state index in [4.69, 9.17) is 0 Å². The Morgan fingerprint density at radius 3 is 1.00 bits per heavy atom. The van der Waals surface area contributed by atoms with Crippen molar-refractivity contribution in [3.05, 3.63) is 118 Å². The van der Waals surface area contributed by atoms with Gasteiger partial charge in [0.2, 0.25) is 0 Å². The molecule has 4 aromatic carbocycles. The Morgan fingerprint density at radius 1 is 0.382 bits per heavy atom. The molecule has 0 radical (unpaired) electrons. The molecule has 0 unspecified atom stereocenters. The molecule has 6 heteroatoms. The van der Waals surface area contributed by atoms with Gasteiger partial charge in [-0.25, -0.2) is 0 Å². The third kappa shape index (κ3) is 5.60. The van der Waals surface area contributed by atoms with Crippen LogP contribution < -0.4 is 0 Å². The highest BCUT2D eigenvalue weighted by Gasteiger charge is 2.30. The molecule has 0 spiro atoms. The molecule has 0 N–H and O–H groups in total. The Balaban J connectivity index is 1.51. The summed E-state index contributed by atoms with van der Waals surface area (Å²) in [6, 6.07) is 20.3. The second-order valence-corrected chi connectivity index (χ2v) is 7.43. The molecule has 0 nitrogen and oxygen atoms in total. The molecular weight excluding hydrogens is 450 g/mol. The smallest absolute Gasteiger partial charge is 0.166 e. The van der Waals surface area contributed by atoms with Crippen molar-refractivity contribution >= 4 is 10.8 Å². The van der Waals surface area contributed by atoms with Gasteiger partial charge in [-0.05, 0) is 83.6 Å². The fourth-order valence-corrected chi connectivity index (χ4v) is 3.18. The number of benzene rings is 4. The van der Waals surface area contributed by atoms with E-state index in [0.29, 0.717) is 22.3 Å². The fourth-order valence-electron chi connectivity index (χ4n) is 3.18. The molecule has 0 atom stereocenters. The van der Waals surface area contributed by atoms with Gasteiger partial charge in [0.05, 0.1) is 11.1 Å². The zero-order chi connectivity index (χ0) is 24.3. The number of hydrogen-bond donors (Lipinski definition) is 0. The molecular formula is C28H14F6. The first-order valence-corrected chi connectivity index (χ1v) is 10.0. The molecule has 0 aromatic heterocycles. The van der Waals surface area contributed by atoms with Gasteiger partial charge in [0.1, 0.15) is 0 Å². The summed E-state index contributed by atoms with van der Waals surface area (Å²) >= 11 is 0. The van der Waals surface area contributed by atoms with E-state index < -0.39 is 23.5 Å². The van der Waals surface area contributed by atoms with E-state index in [1.807, 2.05) is 24.3 Å². The SMILES string of the molecule is FC(F)(F)c1ccc(C#Cc2ccc3cc(C#Cc4ccc(C(F)(F)F)cc4)ccc3c2)cc1. The van der Waals surface area contributed by atoms with Gasteiger partial charge in [-0.15, -0.1) is 0 Å². The van der Waals surface area contributed by atoms with Crippen LogP contribution in [0.4, 0.5) is 26.3 Å². The molecule has 0 saturated carbocycles. The van der Waals surface area contributed by atoms with Gasteiger partial charge in [-0.1, -0.05) is 35.8 Å². The lowest BCUT2D eigenvalue weighted by molar-refractivity contribution is -0.138. The highest BCUT2D eigenvalue weighted by molar-refractivity contribution is 5.85. The molecule has 0 aliphatic heterocycles. The largest absolute Gasteiger partial charge is 0.416 e. The van der Waals surface area contributed by atoms with Crippen LogP contribution in [0, 0.1) is 23.7 Å². The Hall–Kier alpha value is -4.16. The second kappa shape index (κ2) is 9.00. The summed E-state index contributed by atoms with van der Waals surface area (Å²) in [4.78, 5) is 0. The molecule has 168 valence electrons. The van der Waals surface area contributed by atoms with E-state index >= 15 is 0 Å². The topological polar surface area (TPSA) is 0 Å². The number of fused-ring (bicyclic) bond motifs is 1. The van der Waals surface area contributed by atoms with Gasteiger partial charge >= 0.3 is 12.4 Å². The first-order valence-electron chi connectivity index (χ1n) is 10.0. The summed E-state index contributed by atoms with van der Waals surface area (Å²) < 4.78 is 75.9. The summed E-state index contributed by atoms with van der Waals surface area (Å²) in [5, 5.41) is 1.80. The van der Waals surface area contributed by atoms with Crippen LogP contribution in [0.1, 0.15) is 33.4 Å². The number of alkyl halides is 6. The number of halogens is 6. The molecule has 0 amide bonds. The summed E-state index contributed by atoms with van der Waals surface area (Å²) in [6.45, 7) is 0. The number of hydrogen-bond acceptors (Lipinski definition) is 0. The molecule has 0 aliphatic carbocycles. The van der Waals surface area contributed by atoms with Crippen LogP contribution in [0.15, 0.2) is 84.9 Å². The van der Waals surface area contributed by atoms with Crippen molar-refractivity contribution in [2.75, 3.05) is 0 Å². The van der Waals surface area contributed by atoms with Gasteiger partial charge in [0, 0.05) is 22.3 Å². The van der Waals surface area contributed by atoms with Crippen molar-refractivity contribution in [3.8, 4) is 23.7 Å². The van der Waals surface area contributed by atoms with Crippen molar-refractivity contribution in [3.63, 3.8) is 0 Å². The Bertz CT molecular complexity index is 1340. The van der Waals surface area contributed by atoms with Gasteiger partial charge in [-0.2, -0.15) is 26.3 Å². The van der Waals surface area contributed by atoms with Crippen molar-refractivity contribution in [2.24, 2.45) is 0 Å². The highest BCUT2D eigenvalue weighted by atomic mass is 19.4. The van der Waals surface area contributed by atoms with Crippen molar-refractivity contribution in [2.45, 2.75) is 12.4 Å². The zero-order valence-corrected chi connectivity index (χ0v) is 17.4. The van der Waals surface area contributed by atoms with Gasteiger partial charge in [0.25, 0.3) is 0 Å². The fraction of sp³-hybridized carbons (Fsp3) is 0.0714. The van der Waals surface area contributed by atoms with E-state index in [1.165, 1.54) is 24.3 Å². The van der Waals surface area contributed by atoms with Gasteiger partial charge in [0.15, 0.2) is 0 Å². The Morgan fingerprint density at radius 2 is 0.676 bits per heavy atom. The van der Waals surface area contributed by atoms with E-state index in [1.54, 1.807) is 12.1 Å². The van der Waals surface area contributed by atoms with Crippen molar-refractivity contribution < 1.29 is 26.3 Å². The lowest BCUT2D eigenvalue weighted by atomic mass is 10.0. The second-order valence-electron chi connectivity index (χ2n) is 7.43. The molecule has 0 saturated heterocycles. The van der Waals surface area contributed by atoms with E-state index in [2.05, 4.69) is 23.7 Å². The van der Waals surface area contributed by atoms with Crippen LogP contribution in [-0.2, 0) is 12.4 Å². The van der Waals surface area contributed by atoms with Crippen LogP contribution in [0.5, 0.6) is 0 Å². The third-order valence-corrected chi connectivity index (χ3v) is 4.97. The highest BCUT2D eigenvalue weighted by Crippen LogP contribution is 2.30. The van der Waals surface area contributed by atoms with E-state index in [-0.39, 0.29) is 0 Å². The van der Waals surface area contributed by atoms with Crippen molar-refractivity contribution in [1.29, 1.82) is 0 Å². The van der Waals surface area contributed by atoms with Crippen LogP contribution in [-0.4, -0.2) is 0 Å². The minimum atomic E-state index is -4.38. The average Bonchev–Trinajstić information content (AvgIpc) is 2.80. The summed E-state index contributed by atoms with van der Waals surface area (Å²) in [5.41, 5.74) is 0.915. The molecule has 4 aromatic rings. The average molecular weight is 464 g/mol. The first-order chi connectivity index (χ1) is 16.1. The monoisotopic (exact) mass is 464 g/mol. The van der Waals surface area contributed by atoms with Gasteiger partial charge in [-0.3, -0.25) is 0 Å². The summed E-state index contributed by atoms with van der Waals surface area (Å²) in [7, 11) is 0. The standard InChI is InChI=1S/C28H14F6/c29-27(30,31)25-13-7-19(8-14-25)1-3-21-5-11-24-18-22(6-12-23(24)17-21)4-2-20-9-15-26(16-10-20)28(32,33)34/h5-18H.